The number of aromatic carboxylic acids is 1. The second-order valence-corrected chi connectivity index (χ2v) is 5.77. The van der Waals surface area contributed by atoms with Crippen molar-refractivity contribution >= 4 is 25.8 Å². The SMILES string of the molecule is CCCCOc1ccc(I(=O)=O)c(C(=O)O)c1. The molecule has 1 N–H and O–H groups in total. The summed E-state index contributed by atoms with van der Waals surface area (Å²) in [6.45, 7) is 2.51. The summed E-state index contributed by atoms with van der Waals surface area (Å²) in [6, 6.07) is 4.03. The third-order valence-corrected chi connectivity index (χ3v) is 3.99. The second kappa shape index (κ2) is 6.53. The largest absolute Gasteiger partial charge is 0.494 e. The Morgan fingerprint density at radius 3 is 2.65 bits per heavy atom. The Hall–Kier alpha value is -1.18. The van der Waals surface area contributed by atoms with Crippen LogP contribution in [0, 0.1) is 3.57 Å². The van der Waals surface area contributed by atoms with Gasteiger partial charge >= 0.3 is 25.8 Å². The standard InChI is InChI=1S/C11H13IO5/c1-2-3-6-17-8-4-5-10(12(15)16)9(7-8)11(13)14/h4-5,7H,2-3,6H2,1H3,(H,13,14). The van der Waals surface area contributed by atoms with Gasteiger partial charge in [-0.05, 0) is 24.6 Å². The summed E-state index contributed by atoms with van der Waals surface area (Å²) < 4.78 is 27.1. The molecule has 0 atom stereocenters. The minimum absolute atomic E-state index is 0.107. The molecule has 94 valence electrons. The molecule has 0 amide bonds. The third kappa shape index (κ3) is 3.95. The fraction of sp³-hybridized carbons (Fsp3) is 0.364. The van der Waals surface area contributed by atoms with Gasteiger partial charge in [0.15, 0.2) is 0 Å². The Labute approximate surface area is 106 Å². The van der Waals surface area contributed by atoms with Crippen LogP contribution in [0.5, 0.6) is 5.75 Å². The van der Waals surface area contributed by atoms with Crippen LogP contribution in [0.3, 0.4) is 0 Å². The van der Waals surface area contributed by atoms with Crippen LogP contribution in [0.2, 0.25) is 0 Å². The zero-order valence-corrected chi connectivity index (χ0v) is 11.5. The van der Waals surface area contributed by atoms with Crippen molar-refractivity contribution in [3.8, 4) is 5.75 Å². The number of halogens is 1. The number of unbranched alkanes of at least 4 members (excludes halogenated alkanes) is 1. The van der Waals surface area contributed by atoms with Gasteiger partial charge in [0.1, 0.15) is 5.75 Å². The van der Waals surface area contributed by atoms with Crippen molar-refractivity contribution < 1.29 is 20.8 Å². The van der Waals surface area contributed by atoms with E-state index < -0.39 is 25.8 Å². The van der Waals surface area contributed by atoms with E-state index in [0.29, 0.717) is 12.4 Å². The van der Waals surface area contributed by atoms with Crippen molar-refractivity contribution in [2.45, 2.75) is 19.8 Å². The van der Waals surface area contributed by atoms with Gasteiger partial charge in [-0.15, -0.1) is 0 Å². The lowest BCUT2D eigenvalue weighted by Crippen LogP contribution is -2.02. The Bertz CT molecular complexity index is 471. The molecule has 6 heteroatoms. The number of carboxylic acids is 1. The fourth-order valence-electron chi connectivity index (χ4n) is 1.23. The maximum Gasteiger partial charge on any atom is 0.341 e. The Morgan fingerprint density at radius 1 is 1.41 bits per heavy atom. The van der Waals surface area contributed by atoms with Crippen LogP contribution < -0.4 is 4.74 Å². The smallest absolute Gasteiger partial charge is 0.341 e. The average molecular weight is 352 g/mol. The van der Waals surface area contributed by atoms with Gasteiger partial charge in [-0.2, -0.15) is 0 Å². The maximum absolute atomic E-state index is 10.9. The molecule has 0 aliphatic carbocycles. The van der Waals surface area contributed by atoms with Gasteiger partial charge in [-0.1, -0.05) is 13.3 Å². The first-order valence-corrected chi connectivity index (χ1v) is 7.95. The second-order valence-electron chi connectivity index (χ2n) is 3.37. The van der Waals surface area contributed by atoms with Gasteiger partial charge in [-0.25, -0.2) is 10.9 Å². The molecule has 0 radical (unpaired) electrons. The summed E-state index contributed by atoms with van der Waals surface area (Å²) >= 11 is -3.78. The van der Waals surface area contributed by atoms with E-state index in [9.17, 15) is 10.9 Å². The predicted molar refractivity (Wildman–Crippen MR) is 67.9 cm³/mol. The average Bonchev–Trinajstić information content (AvgIpc) is 2.29. The predicted octanol–water partition coefficient (Wildman–Crippen LogP) is 2.93. The molecule has 0 bridgehead atoms. The van der Waals surface area contributed by atoms with Crippen LogP contribution in [0.15, 0.2) is 18.2 Å². The molecule has 0 aliphatic heterocycles. The Morgan fingerprint density at radius 2 is 2.12 bits per heavy atom. The van der Waals surface area contributed by atoms with Gasteiger partial charge in [0.25, 0.3) is 0 Å². The minimum Gasteiger partial charge on any atom is -0.494 e. The molecule has 0 saturated heterocycles. The summed E-state index contributed by atoms with van der Waals surface area (Å²) in [5.74, 6) is -0.868. The molecule has 1 aromatic rings. The lowest BCUT2D eigenvalue weighted by Gasteiger charge is -2.06. The topological polar surface area (TPSA) is 80.7 Å². The molecule has 1 rings (SSSR count). The summed E-state index contributed by atoms with van der Waals surface area (Å²) in [5.41, 5.74) is -0.214. The van der Waals surface area contributed by atoms with Gasteiger partial charge in [0, 0.05) is 0 Å². The van der Waals surface area contributed by atoms with Crippen molar-refractivity contribution in [1.82, 2.24) is 0 Å². The minimum atomic E-state index is -3.78. The van der Waals surface area contributed by atoms with Crippen molar-refractivity contribution in [3.05, 3.63) is 27.3 Å². The van der Waals surface area contributed by atoms with E-state index in [2.05, 4.69) is 0 Å². The normalized spacial score (nSPS) is 10.5. The molecular weight excluding hydrogens is 339 g/mol. The van der Waals surface area contributed by atoms with Crippen molar-refractivity contribution in [1.29, 1.82) is 0 Å². The monoisotopic (exact) mass is 352 g/mol. The van der Waals surface area contributed by atoms with Crippen LogP contribution in [-0.2, 0) is 6.14 Å². The summed E-state index contributed by atoms with van der Waals surface area (Å²) in [5, 5.41) is 8.90. The van der Waals surface area contributed by atoms with Crippen LogP contribution in [0.4, 0.5) is 0 Å². The van der Waals surface area contributed by atoms with E-state index in [1.807, 2.05) is 6.92 Å². The van der Waals surface area contributed by atoms with E-state index in [-0.39, 0.29) is 9.13 Å². The number of carboxylic acid groups (broad SMARTS) is 1. The Balaban J connectivity index is 2.98. The number of ether oxygens (including phenoxy) is 1. The molecule has 17 heavy (non-hydrogen) atoms. The summed E-state index contributed by atoms with van der Waals surface area (Å²) in [6.07, 6.45) is 1.84. The molecule has 0 spiro atoms. The molecule has 0 heterocycles. The molecule has 0 fully saturated rings. The van der Waals surface area contributed by atoms with Crippen LogP contribution in [-0.4, -0.2) is 17.7 Å². The zero-order valence-electron chi connectivity index (χ0n) is 9.31. The Kier molecular flexibility index (Phi) is 5.33. The number of rotatable bonds is 6. The first kappa shape index (κ1) is 13.9. The van der Waals surface area contributed by atoms with Crippen LogP contribution in [0.25, 0.3) is 0 Å². The highest BCUT2D eigenvalue weighted by Gasteiger charge is 2.15. The highest BCUT2D eigenvalue weighted by atomic mass is 127. The van der Waals surface area contributed by atoms with Crippen molar-refractivity contribution in [2.24, 2.45) is 0 Å². The highest BCUT2D eigenvalue weighted by molar-refractivity contribution is 14.2. The lowest BCUT2D eigenvalue weighted by atomic mass is 10.2. The van der Waals surface area contributed by atoms with Gasteiger partial charge in [0.2, 0.25) is 0 Å². The summed E-state index contributed by atoms with van der Waals surface area (Å²) in [7, 11) is 0. The van der Waals surface area contributed by atoms with Gasteiger partial charge in [0.05, 0.1) is 15.7 Å². The zero-order chi connectivity index (χ0) is 12.8. The fourth-order valence-corrected chi connectivity index (χ4v) is 2.56. The number of hydrogen-bond acceptors (Lipinski definition) is 4. The van der Waals surface area contributed by atoms with E-state index in [1.54, 1.807) is 0 Å². The highest BCUT2D eigenvalue weighted by Crippen LogP contribution is 2.26. The van der Waals surface area contributed by atoms with E-state index in [0.717, 1.165) is 12.8 Å². The molecule has 0 aliphatic rings. The van der Waals surface area contributed by atoms with Crippen molar-refractivity contribution in [3.63, 3.8) is 0 Å². The van der Waals surface area contributed by atoms with Crippen LogP contribution in [0.1, 0.15) is 30.1 Å². The summed E-state index contributed by atoms with van der Waals surface area (Å²) in [4.78, 5) is 10.9. The molecule has 0 aromatic heterocycles. The first-order valence-electron chi connectivity index (χ1n) is 5.11. The third-order valence-electron chi connectivity index (χ3n) is 2.10. The number of benzene rings is 1. The molecular formula is C11H13IO5. The van der Waals surface area contributed by atoms with E-state index in [1.165, 1.54) is 18.2 Å². The van der Waals surface area contributed by atoms with Crippen molar-refractivity contribution in [2.75, 3.05) is 6.61 Å². The van der Waals surface area contributed by atoms with Crippen LogP contribution >= 0.6 is 19.8 Å². The number of hydrogen-bond donors (Lipinski definition) is 1. The van der Waals surface area contributed by atoms with Gasteiger partial charge in [-0.3, -0.25) is 0 Å². The quantitative estimate of drug-likeness (QED) is 0.629. The number of carbonyl (C=O) groups is 1. The molecule has 1 aromatic carbocycles. The molecule has 0 unspecified atom stereocenters. The molecule has 0 saturated carbocycles. The van der Waals surface area contributed by atoms with E-state index >= 15 is 0 Å². The molecule has 5 nitrogen and oxygen atoms in total. The van der Waals surface area contributed by atoms with E-state index in [4.69, 9.17) is 9.84 Å². The van der Waals surface area contributed by atoms with Gasteiger partial charge < -0.3 is 9.84 Å². The maximum atomic E-state index is 10.9. The first-order chi connectivity index (χ1) is 8.06. The lowest BCUT2D eigenvalue weighted by molar-refractivity contribution is 0.0695.